The van der Waals surface area contributed by atoms with E-state index in [0.29, 0.717) is 11.3 Å². The van der Waals surface area contributed by atoms with Gasteiger partial charge < -0.3 is 5.32 Å². The largest absolute Gasteiger partial charge is 0.322 e. The Hall–Kier alpha value is -2.18. The quantitative estimate of drug-likeness (QED) is 0.527. The van der Waals surface area contributed by atoms with E-state index in [9.17, 15) is 14.9 Å². The molecule has 0 aliphatic rings. The van der Waals surface area contributed by atoms with E-state index < -0.39 is 10.8 Å². The number of rotatable bonds is 3. The molecule has 108 valence electrons. The molecule has 0 unspecified atom stereocenters. The maximum atomic E-state index is 12.0. The Balaban J connectivity index is 2.21. The lowest BCUT2D eigenvalue weighted by Gasteiger charge is -2.07. The topological polar surface area (TPSA) is 85.1 Å². The van der Waals surface area contributed by atoms with Crippen LogP contribution < -0.4 is 5.32 Å². The van der Waals surface area contributed by atoms with Crippen LogP contribution in [-0.2, 0) is 0 Å². The number of aryl methyl sites for hydroxylation is 1. The summed E-state index contributed by atoms with van der Waals surface area (Å²) in [4.78, 5) is 26.0. The van der Waals surface area contributed by atoms with Crippen LogP contribution >= 0.6 is 23.2 Å². The SMILES string of the molecule is Cc1cc(NC(=O)c2cnc(Cl)c(Cl)c2)ccc1[N+](=O)[O-]. The summed E-state index contributed by atoms with van der Waals surface area (Å²) in [5, 5.41) is 13.6. The van der Waals surface area contributed by atoms with E-state index in [-0.39, 0.29) is 21.4 Å². The third-order valence-electron chi connectivity index (χ3n) is 2.71. The molecule has 21 heavy (non-hydrogen) atoms. The van der Waals surface area contributed by atoms with Gasteiger partial charge in [0, 0.05) is 23.5 Å². The second-order valence-corrected chi connectivity index (χ2v) is 4.97. The van der Waals surface area contributed by atoms with E-state index in [2.05, 4.69) is 10.3 Å². The Morgan fingerprint density at radius 1 is 1.33 bits per heavy atom. The fraction of sp³-hybridized carbons (Fsp3) is 0.0769. The number of carbonyl (C=O) groups is 1. The van der Waals surface area contributed by atoms with Crippen LogP contribution in [0.4, 0.5) is 11.4 Å². The molecular weight excluding hydrogens is 317 g/mol. The normalized spacial score (nSPS) is 10.2. The molecule has 0 atom stereocenters. The first-order valence-corrected chi connectivity index (χ1v) is 6.51. The Labute approximate surface area is 129 Å². The number of nitro groups is 1. The van der Waals surface area contributed by atoms with Crippen LogP contribution in [0, 0.1) is 17.0 Å². The van der Waals surface area contributed by atoms with Gasteiger partial charge in [0.1, 0.15) is 5.15 Å². The molecule has 2 rings (SSSR count). The van der Waals surface area contributed by atoms with Crippen molar-refractivity contribution in [3.63, 3.8) is 0 Å². The molecule has 1 aromatic heterocycles. The first-order chi connectivity index (χ1) is 9.88. The highest BCUT2D eigenvalue weighted by atomic mass is 35.5. The number of nitrogens with one attached hydrogen (secondary N) is 1. The smallest absolute Gasteiger partial charge is 0.272 e. The summed E-state index contributed by atoms with van der Waals surface area (Å²) in [6, 6.07) is 5.69. The van der Waals surface area contributed by atoms with Crippen LogP contribution in [0.3, 0.4) is 0 Å². The number of amides is 1. The second kappa shape index (κ2) is 6.07. The number of hydrogen-bond acceptors (Lipinski definition) is 4. The van der Waals surface area contributed by atoms with E-state index in [0.717, 1.165) is 0 Å². The Bertz CT molecular complexity index is 735. The molecule has 0 saturated heterocycles. The summed E-state index contributed by atoms with van der Waals surface area (Å²) in [5.74, 6) is -0.436. The van der Waals surface area contributed by atoms with Crippen molar-refractivity contribution in [2.45, 2.75) is 6.92 Å². The standard InChI is InChI=1S/C13H9Cl2N3O3/c1-7-4-9(2-3-11(7)18(20)21)17-13(19)8-5-10(14)12(15)16-6-8/h2-6H,1H3,(H,17,19). The van der Waals surface area contributed by atoms with Crippen LogP contribution in [0.15, 0.2) is 30.5 Å². The molecule has 0 spiro atoms. The monoisotopic (exact) mass is 325 g/mol. The molecule has 0 aliphatic carbocycles. The fourth-order valence-electron chi connectivity index (χ4n) is 1.69. The van der Waals surface area contributed by atoms with Crippen LogP contribution in [0.5, 0.6) is 0 Å². The van der Waals surface area contributed by atoms with Gasteiger partial charge in [0.15, 0.2) is 0 Å². The highest BCUT2D eigenvalue weighted by Gasteiger charge is 2.13. The second-order valence-electron chi connectivity index (χ2n) is 4.21. The van der Waals surface area contributed by atoms with Crippen LogP contribution in [0.25, 0.3) is 0 Å². The van der Waals surface area contributed by atoms with E-state index in [1.165, 1.54) is 30.5 Å². The number of aromatic nitrogens is 1. The number of benzene rings is 1. The molecule has 1 N–H and O–H groups in total. The van der Waals surface area contributed by atoms with Gasteiger partial charge in [-0.2, -0.15) is 0 Å². The van der Waals surface area contributed by atoms with Crippen molar-refractivity contribution >= 4 is 40.5 Å². The van der Waals surface area contributed by atoms with Crippen molar-refractivity contribution in [2.75, 3.05) is 5.32 Å². The molecule has 0 saturated carbocycles. The number of nitro benzene ring substituents is 1. The highest BCUT2D eigenvalue weighted by Crippen LogP contribution is 2.23. The van der Waals surface area contributed by atoms with Gasteiger partial charge >= 0.3 is 0 Å². The average Bonchev–Trinajstić information content (AvgIpc) is 2.41. The van der Waals surface area contributed by atoms with E-state index >= 15 is 0 Å². The molecule has 6 nitrogen and oxygen atoms in total. The van der Waals surface area contributed by atoms with Gasteiger partial charge in [-0.05, 0) is 25.1 Å². The predicted molar refractivity (Wildman–Crippen MR) is 80.0 cm³/mol. The van der Waals surface area contributed by atoms with Crippen molar-refractivity contribution in [1.29, 1.82) is 0 Å². The minimum Gasteiger partial charge on any atom is -0.322 e. The van der Waals surface area contributed by atoms with Gasteiger partial charge in [-0.1, -0.05) is 23.2 Å². The third kappa shape index (κ3) is 3.48. The maximum absolute atomic E-state index is 12.0. The number of hydrogen-bond donors (Lipinski definition) is 1. The molecular formula is C13H9Cl2N3O3. The summed E-state index contributed by atoms with van der Waals surface area (Å²) in [7, 11) is 0. The number of nitrogens with zero attached hydrogens (tertiary/aromatic N) is 2. The van der Waals surface area contributed by atoms with Gasteiger partial charge in [-0.3, -0.25) is 14.9 Å². The molecule has 1 aromatic carbocycles. The molecule has 0 radical (unpaired) electrons. The van der Waals surface area contributed by atoms with Gasteiger partial charge in [-0.25, -0.2) is 4.98 Å². The van der Waals surface area contributed by atoms with Crippen molar-refractivity contribution in [3.05, 3.63) is 61.9 Å². The van der Waals surface area contributed by atoms with E-state index in [1.54, 1.807) is 6.92 Å². The molecule has 0 aliphatic heterocycles. The lowest BCUT2D eigenvalue weighted by molar-refractivity contribution is -0.385. The first kappa shape index (κ1) is 15.2. The lowest BCUT2D eigenvalue weighted by atomic mass is 10.1. The van der Waals surface area contributed by atoms with Crippen molar-refractivity contribution in [3.8, 4) is 0 Å². The Morgan fingerprint density at radius 3 is 2.62 bits per heavy atom. The zero-order valence-electron chi connectivity index (χ0n) is 10.8. The highest BCUT2D eigenvalue weighted by molar-refractivity contribution is 6.41. The van der Waals surface area contributed by atoms with Crippen LogP contribution in [-0.4, -0.2) is 15.8 Å². The zero-order valence-corrected chi connectivity index (χ0v) is 12.3. The number of halogens is 2. The van der Waals surface area contributed by atoms with Gasteiger partial charge in [0.25, 0.3) is 11.6 Å². The van der Waals surface area contributed by atoms with E-state index in [4.69, 9.17) is 23.2 Å². The van der Waals surface area contributed by atoms with E-state index in [1.807, 2.05) is 0 Å². The van der Waals surface area contributed by atoms with Gasteiger partial charge in [-0.15, -0.1) is 0 Å². The summed E-state index contributed by atoms with van der Waals surface area (Å²) in [6.07, 6.45) is 1.29. The van der Waals surface area contributed by atoms with Crippen LogP contribution in [0.2, 0.25) is 10.2 Å². The van der Waals surface area contributed by atoms with Crippen molar-refractivity contribution in [2.24, 2.45) is 0 Å². The minimum absolute atomic E-state index is 0.01000. The summed E-state index contributed by atoms with van der Waals surface area (Å²) < 4.78 is 0. The third-order valence-corrected chi connectivity index (χ3v) is 3.40. The predicted octanol–water partition coefficient (Wildman–Crippen LogP) is 3.86. The molecule has 0 fully saturated rings. The number of pyridine rings is 1. The Morgan fingerprint density at radius 2 is 2.05 bits per heavy atom. The minimum atomic E-state index is -0.482. The molecule has 0 bridgehead atoms. The molecule has 2 aromatic rings. The average molecular weight is 326 g/mol. The fourth-order valence-corrected chi connectivity index (χ4v) is 1.96. The van der Waals surface area contributed by atoms with Gasteiger partial charge in [0.05, 0.1) is 15.5 Å². The molecule has 1 amide bonds. The summed E-state index contributed by atoms with van der Waals surface area (Å²) in [5.41, 5.74) is 1.11. The molecule has 8 heteroatoms. The number of carbonyl (C=O) groups excluding carboxylic acids is 1. The Kier molecular flexibility index (Phi) is 4.40. The summed E-state index contributed by atoms with van der Waals surface area (Å²) in [6.45, 7) is 1.59. The molecule has 1 heterocycles. The first-order valence-electron chi connectivity index (χ1n) is 5.76. The lowest BCUT2D eigenvalue weighted by Crippen LogP contribution is -2.12. The van der Waals surface area contributed by atoms with Crippen LogP contribution in [0.1, 0.15) is 15.9 Å². The summed E-state index contributed by atoms with van der Waals surface area (Å²) >= 11 is 11.5. The van der Waals surface area contributed by atoms with Crippen molar-refractivity contribution < 1.29 is 9.72 Å². The van der Waals surface area contributed by atoms with Crippen molar-refractivity contribution in [1.82, 2.24) is 4.98 Å². The van der Waals surface area contributed by atoms with Gasteiger partial charge in [0.2, 0.25) is 0 Å². The maximum Gasteiger partial charge on any atom is 0.272 e. The number of anilines is 1. The zero-order chi connectivity index (χ0) is 15.6.